The number of para-hydroxylation sites is 2. The third-order valence-corrected chi connectivity index (χ3v) is 11.8. The van der Waals surface area contributed by atoms with Crippen molar-refractivity contribution in [1.29, 1.82) is 10.5 Å². The lowest BCUT2D eigenvalue weighted by Crippen LogP contribution is -2.07. The van der Waals surface area contributed by atoms with Crippen molar-refractivity contribution in [3.8, 4) is 68.8 Å². The molecule has 0 bridgehead atoms. The van der Waals surface area contributed by atoms with Crippen LogP contribution in [0.2, 0.25) is 0 Å². The fourth-order valence-electron chi connectivity index (χ4n) is 9.06. The van der Waals surface area contributed by atoms with Gasteiger partial charge in [-0.2, -0.15) is 10.5 Å². The highest BCUT2D eigenvalue weighted by atomic mass is 15.1. The van der Waals surface area contributed by atoms with Crippen LogP contribution in [0.25, 0.3) is 100 Å². The van der Waals surface area contributed by atoms with Crippen LogP contribution >= 0.6 is 0 Å². The molecule has 11 aromatic rings. The molecule has 0 aliphatic carbocycles. The van der Waals surface area contributed by atoms with Crippen LogP contribution in [-0.2, 0) is 0 Å². The Balaban J connectivity index is 1.28. The Labute approximate surface area is 357 Å². The number of nitriles is 2. The maximum Gasteiger partial charge on any atom is 0.167 e. The number of nitrogens with zero attached hydrogens (tertiary/aromatic N) is 7. The van der Waals surface area contributed by atoms with Crippen LogP contribution in [0.4, 0.5) is 0 Å². The smallest absolute Gasteiger partial charge is 0.167 e. The minimum Gasteiger partial charge on any atom is -0.308 e. The Morgan fingerprint density at radius 2 is 0.855 bits per heavy atom. The van der Waals surface area contributed by atoms with Gasteiger partial charge in [0.25, 0.3) is 0 Å². The monoisotopic (exact) mass is 793 g/mol. The Hall–Kier alpha value is -8.65. The highest BCUT2D eigenvalue weighted by Crippen LogP contribution is 2.43. The molecule has 3 heterocycles. The fraction of sp³-hybridized carbons (Fsp3) is 0.0364. The molecule has 0 aliphatic heterocycles. The molecule has 0 unspecified atom stereocenters. The molecule has 0 radical (unpaired) electrons. The summed E-state index contributed by atoms with van der Waals surface area (Å²) < 4.78 is 4.49. The van der Waals surface area contributed by atoms with Gasteiger partial charge >= 0.3 is 0 Å². The van der Waals surface area contributed by atoms with Gasteiger partial charge in [0.15, 0.2) is 17.5 Å². The average molecular weight is 794 g/mol. The van der Waals surface area contributed by atoms with Crippen molar-refractivity contribution >= 4 is 43.6 Å². The Morgan fingerprint density at radius 3 is 1.48 bits per heavy atom. The van der Waals surface area contributed by atoms with Gasteiger partial charge in [-0.15, -0.1) is 0 Å². The van der Waals surface area contributed by atoms with E-state index in [1.54, 1.807) is 0 Å². The summed E-state index contributed by atoms with van der Waals surface area (Å²) >= 11 is 0. The largest absolute Gasteiger partial charge is 0.308 e. The highest BCUT2D eigenvalue weighted by molar-refractivity contribution is 6.11. The lowest BCUT2D eigenvalue weighted by molar-refractivity contribution is 1.06. The first-order chi connectivity index (χ1) is 30.5. The van der Waals surface area contributed by atoms with E-state index < -0.39 is 0 Å². The second kappa shape index (κ2) is 14.6. The predicted octanol–water partition coefficient (Wildman–Crippen LogP) is 13.1. The summed E-state index contributed by atoms with van der Waals surface area (Å²) in [7, 11) is 0. The van der Waals surface area contributed by atoms with Gasteiger partial charge in [-0.05, 0) is 80.1 Å². The first-order valence-corrected chi connectivity index (χ1v) is 20.5. The van der Waals surface area contributed by atoms with E-state index in [9.17, 15) is 10.5 Å². The van der Waals surface area contributed by atoms with Crippen molar-refractivity contribution < 1.29 is 0 Å². The summed E-state index contributed by atoms with van der Waals surface area (Å²) in [6, 6.07) is 64.2. The summed E-state index contributed by atoms with van der Waals surface area (Å²) in [5, 5.41) is 25.9. The quantitative estimate of drug-likeness (QED) is 0.167. The molecule has 11 rings (SSSR count). The standard InChI is InChI=1S/C55H35N7/c1-34-26-28-47-43(30-34)40-19-8-10-22-45(40)61(47)49-24-12-17-38(33-57)51(49)54-58-53(36-14-4-3-5-15-36)59-55(60-54)52-42(39-18-7-6-16-37(39)32-56)21-13-25-50(52)62-46-23-11-9-20-41(46)44-31-35(2)27-29-48(44)62/h3-31H,1-2H3. The molecule has 7 heteroatoms. The summed E-state index contributed by atoms with van der Waals surface area (Å²) in [4.78, 5) is 16.0. The SMILES string of the molecule is Cc1ccc2c(c1)c1ccccc1n2-c1cccc(C#N)c1-c1nc(-c2ccccc2)nc(-c2c(-c3ccccc3C#N)cccc2-n2c3ccccc3c3cc(C)ccc32)n1. The predicted molar refractivity (Wildman–Crippen MR) is 249 cm³/mol. The minimum atomic E-state index is 0.353. The topological polar surface area (TPSA) is 96.1 Å². The van der Waals surface area contributed by atoms with Gasteiger partial charge in [0.05, 0.1) is 67.8 Å². The molecule has 0 N–H and O–H groups in total. The molecule has 0 aliphatic rings. The number of aromatic nitrogens is 5. The summed E-state index contributed by atoms with van der Waals surface area (Å²) in [5.41, 5.74) is 12.6. The van der Waals surface area contributed by atoms with E-state index >= 15 is 0 Å². The zero-order chi connectivity index (χ0) is 41.9. The fourth-order valence-corrected chi connectivity index (χ4v) is 9.06. The van der Waals surface area contributed by atoms with Crippen LogP contribution in [-0.4, -0.2) is 24.1 Å². The molecular weight excluding hydrogens is 759 g/mol. The average Bonchev–Trinajstić information content (AvgIpc) is 3.83. The zero-order valence-electron chi connectivity index (χ0n) is 33.9. The molecule has 0 fully saturated rings. The number of aryl methyl sites for hydroxylation is 2. The lowest BCUT2D eigenvalue weighted by atomic mass is 9.93. The van der Waals surface area contributed by atoms with Gasteiger partial charge in [-0.25, -0.2) is 15.0 Å². The van der Waals surface area contributed by atoms with Gasteiger partial charge in [0, 0.05) is 32.7 Å². The minimum absolute atomic E-state index is 0.353. The van der Waals surface area contributed by atoms with Crippen molar-refractivity contribution in [3.63, 3.8) is 0 Å². The highest BCUT2D eigenvalue weighted by Gasteiger charge is 2.26. The van der Waals surface area contributed by atoms with Gasteiger partial charge in [0.2, 0.25) is 0 Å². The number of fused-ring (bicyclic) bond motifs is 6. The van der Waals surface area contributed by atoms with E-state index in [2.05, 4.69) is 120 Å². The zero-order valence-corrected chi connectivity index (χ0v) is 33.9. The second-order valence-electron chi connectivity index (χ2n) is 15.6. The summed E-state index contributed by atoms with van der Waals surface area (Å²) in [6.45, 7) is 4.22. The molecule has 0 spiro atoms. The molecule has 0 saturated carbocycles. The maximum absolute atomic E-state index is 10.9. The summed E-state index contributed by atoms with van der Waals surface area (Å²) in [6.07, 6.45) is 0. The van der Waals surface area contributed by atoms with Crippen LogP contribution in [0.1, 0.15) is 22.3 Å². The van der Waals surface area contributed by atoms with Crippen LogP contribution in [0, 0.1) is 36.5 Å². The molecular formula is C55H35N7. The van der Waals surface area contributed by atoms with Crippen molar-refractivity contribution in [1.82, 2.24) is 24.1 Å². The molecule has 0 saturated heterocycles. The number of hydrogen-bond donors (Lipinski definition) is 0. The van der Waals surface area contributed by atoms with E-state index in [1.807, 2.05) is 91.0 Å². The first-order valence-electron chi connectivity index (χ1n) is 20.5. The number of hydrogen-bond acceptors (Lipinski definition) is 5. The number of rotatable bonds is 6. The van der Waals surface area contributed by atoms with Gasteiger partial charge in [-0.3, -0.25) is 0 Å². The van der Waals surface area contributed by atoms with E-state index in [0.29, 0.717) is 34.2 Å². The van der Waals surface area contributed by atoms with Crippen LogP contribution in [0.15, 0.2) is 176 Å². The Morgan fingerprint density at radius 1 is 0.387 bits per heavy atom. The third kappa shape index (κ3) is 5.76. The molecule has 290 valence electrons. The molecule has 3 aromatic heterocycles. The Bertz CT molecular complexity index is 3690. The van der Waals surface area contributed by atoms with E-state index in [-0.39, 0.29) is 0 Å². The first kappa shape index (κ1) is 36.4. The Kier molecular flexibility index (Phi) is 8.56. The molecule has 8 aromatic carbocycles. The summed E-state index contributed by atoms with van der Waals surface area (Å²) in [5.74, 6) is 1.21. The van der Waals surface area contributed by atoms with Crippen molar-refractivity contribution in [3.05, 3.63) is 198 Å². The van der Waals surface area contributed by atoms with Crippen molar-refractivity contribution in [2.24, 2.45) is 0 Å². The number of benzene rings is 8. The molecule has 62 heavy (non-hydrogen) atoms. The molecule has 7 nitrogen and oxygen atoms in total. The van der Waals surface area contributed by atoms with Crippen molar-refractivity contribution in [2.75, 3.05) is 0 Å². The normalized spacial score (nSPS) is 11.4. The van der Waals surface area contributed by atoms with E-state index in [4.69, 9.17) is 15.0 Å². The maximum atomic E-state index is 10.9. The van der Waals surface area contributed by atoms with Crippen LogP contribution in [0.3, 0.4) is 0 Å². The van der Waals surface area contributed by atoms with Gasteiger partial charge < -0.3 is 9.13 Å². The van der Waals surface area contributed by atoms with E-state index in [1.165, 1.54) is 0 Å². The third-order valence-electron chi connectivity index (χ3n) is 11.8. The van der Waals surface area contributed by atoms with Gasteiger partial charge in [-0.1, -0.05) is 126 Å². The van der Waals surface area contributed by atoms with Crippen molar-refractivity contribution in [2.45, 2.75) is 13.8 Å². The second-order valence-corrected chi connectivity index (χ2v) is 15.6. The lowest BCUT2D eigenvalue weighted by Gasteiger charge is -2.19. The molecule has 0 atom stereocenters. The van der Waals surface area contributed by atoms with Crippen LogP contribution < -0.4 is 0 Å². The molecule has 0 amide bonds. The van der Waals surface area contributed by atoms with Gasteiger partial charge in [0.1, 0.15) is 0 Å². The van der Waals surface area contributed by atoms with E-state index in [0.717, 1.165) is 88.4 Å². The van der Waals surface area contributed by atoms with Crippen LogP contribution in [0.5, 0.6) is 0 Å².